The van der Waals surface area contributed by atoms with Crippen molar-refractivity contribution in [2.24, 2.45) is 0 Å². The molecule has 104 valence electrons. The number of rotatable bonds is 5. The Hall–Kier alpha value is -2.63. The van der Waals surface area contributed by atoms with Crippen LogP contribution in [0.4, 0.5) is 0 Å². The van der Waals surface area contributed by atoms with Gasteiger partial charge in [0.1, 0.15) is 0 Å². The molecular weight excluding hydrogens is 258 g/mol. The molecule has 0 aliphatic heterocycles. The van der Waals surface area contributed by atoms with Crippen molar-refractivity contribution < 1.29 is 14.7 Å². The monoisotopic (exact) mass is 273 g/mol. The molecule has 0 aliphatic rings. The minimum atomic E-state index is -0.942. The fraction of sp³-hybridized carbons (Fsp3) is 0.214. The molecule has 0 bridgehead atoms. The maximum Gasteiger partial charge on any atom is 0.305 e. The molecule has 1 aromatic heterocycles. The summed E-state index contributed by atoms with van der Waals surface area (Å²) in [5.74, 6) is -1.24. The van der Waals surface area contributed by atoms with Gasteiger partial charge in [0.15, 0.2) is 0 Å². The summed E-state index contributed by atoms with van der Waals surface area (Å²) in [6, 6.07) is 8.35. The molecule has 0 spiro atoms. The molecule has 0 radical (unpaired) electrons. The quantitative estimate of drug-likeness (QED) is 0.864. The van der Waals surface area contributed by atoms with Gasteiger partial charge in [0.2, 0.25) is 0 Å². The molecule has 20 heavy (non-hydrogen) atoms. The van der Waals surface area contributed by atoms with Crippen molar-refractivity contribution in [2.75, 3.05) is 0 Å². The number of hydrogen-bond donors (Lipinski definition) is 2. The first-order valence-electron chi connectivity index (χ1n) is 6.19. The number of aromatic nitrogens is 2. The van der Waals surface area contributed by atoms with Crippen LogP contribution in [0.2, 0.25) is 0 Å². The van der Waals surface area contributed by atoms with Crippen LogP contribution in [0.15, 0.2) is 42.7 Å². The smallest absolute Gasteiger partial charge is 0.305 e. The van der Waals surface area contributed by atoms with Gasteiger partial charge in [-0.15, -0.1) is 0 Å². The Bertz CT molecular complexity index is 608. The SMILES string of the molecule is C[C@H](CC(=O)O)NC(=O)c1cccc(-n2cccn2)c1. The Labute approximate surface area is 116 Å². The van der Waals surface area contributed by atoms with Crippen molar-refractivity contribution in [3.05, 3.63) is 48.3 Å². The van der Waals surface area contributed by atoms with Crippen molar-refractivity contribution in [2.45, 2.75) is 19.4 Å². The number of carboxylic acids is 1. The molecule has 2 N–H and O–H groups in total. The van der Waals surface area contributed by atoms with E-state index in [0.29, 0.717) is 5.56 Å². The number of carbonyl (C=O) groups excluding carboxylic acids is 1. The third kappa shape index (κ3) is 3.44. The van der Waals surface area contributed by atoms with Crippen LogP contribution in [0.5, 0.6) is 0 Å². The Morgan fingerprint density at radius 2 is 2.20 bits per heavy atom. The van der Waals surface area contributed by atoms with Gasteiger partial charge in [0, 0.05) is 24.0 Å². The molecular formula is C14H15N3O3. The van der Waals surface area contributed by atoms with Crippen LogP contribution in [0, 0.1) is 0 Å². The van der Waals surface area contributed by atoms with E-state index in [1.54, 1.807) is 48.3 Å². The van der Waals surface area contributed by atoms with E-state index in [2.05, 4.69) is 10.4 Å². The number of benzene rings is 1. The molecule has 6 nitrogen and oxygen atoms in total. The van der Waals surface area contributed by atoms with E-state index in [-0.39, 0.29) is 12.3 Å². The molecule has 0 aliphatic carbocycles. The molecule has 0 saturated carbocycles. The Morgan fingerprint density at radius 3 is 2.85 bits per heavy atom. The fourth-order valence-corrected chi connectivity index (χ4v) is 1.83. The predicted molar refractivity (Wildman–Crippen MR) is 72.7 cm³/mol. The number of aliphatic carboxylic acids is 1. The number of nitrogens with one attached hydrogen (secondary N) is 1. The minimum absolute atomic E-state index is 0.107. The van der Waals surface area contributed by atoms with Gasteiger partial charge in [-0.2, -0.15) is 5.10 Å². The van der Waals surface area contributed by atoms with Gasteiger partial charge < -0.3 is 10.4 Å². The summed E-state index contributed by atoms with van der Waals surface area (Å²) in [4.78, 5) is 22.6. The van der Waals surface area contributed by atoms with Crippen LogP contribution in [-0.4, -0.2) is 32.8 Å². The number of amides is 1. The molecule has 0 saturated heterocycles. The molecule has 2 rings (SSSR count). The van der Waals surface area contributed by atoms with Gasteiger partial charge in [-0.3, -0.25) is 9.59 Å². The third-order valence-corrected chi connectivity index (χ3v) is 2.74. The van der Waals surface area contributed by atoms with Crippen molar-refractivity contribution in [1.29, 1.82) is 0 Å². The second-order valence-electron chi connectivity index (χ2n) is 4.47. The first-order chi connectivity index (χ1) is 9.56. The summed E-state index contributed by atoms with van der Waals surface area (Å²) >= 11 is 0. The Balaban J connectivity index is 2.11. The predicted octanol–water partition coefficient (Wildman–Crippen LogP) is 1.47. The lowest BCUT2D eigenvalue weighted by Gasteiger charge is -2.12. The maximum absolute atomic E-state index is 12.0. The summed E-state index contributed by atoms with van der Waals surface area (Å²) in [6.07, 6.45) is 3.33. The van der Waals surface area contributed by atoms with Gasteiger partial charge in [-0.1, -0.05) is 6.07 Å². The highest BCUT2D eigenvalue weighted by atomic mass is 16.4. The van der Waals surface area contributed by atoms with Gasteiger partial charge >= 0.3 is 5.97 Å². The Morgan fingerprint density at radius 1 is 1.40 bits per heavy atom. The first-order valence-corrected chi connectivity index (χ1v) is 6.19. The number of carbonyl (C=O) groups is 2. The van der Waals surface area contributed by atoms with Gasteiger partial charge in [0.25, 0.3) is 5.91 Å². The third-order valence-electron chi connectivity index (χ3n) is 2.74. The molecule has 2 aromatic rings. The van der Waals surface area contributed by atoms with Gasteiger partial charge in [0.05, 0.1) is 12.1 Å². The zero-order chi connectivity index (χ0) is 14.5. The fourth-order valence-electron chi connectivity index (χ4n) is 1.83. The highest BCUT2D eigenvalue weighted by Gasteiger charge is 2.13. The van der Waals surface area contributed by atoms with E-state index in [4.69, 9.17) is 5.11 Å². The zero-order valence-electron chi connectivity index (χ0n) is 11.0. The summed E-state index contributed by atoms with van der Waals surface area (Å²) in [6.45, 7) is 1.66. The van der Waals surface area contributed by atoms with Crippen LogP contribution in [0.3, 0.4) is 0 Å². The van der Waals surface area contributed by atoms with Crippen LogP contribution in [0.25, 0.3) is 5.69 Å². The average Bonchev–Trinajstić information content (AvgIpc) is 2.91. The molecule has 6 heteroatoms. The van der Waals surface area contributed by atoms with Crippen LogP contribution < -0.4 is 5.32 Å². The second-order valence-corrected chi connectivity index (χ2v) is 4.47. The number of hydrogen-bond acceptors (Lipinski definition) is 3. The summed E-state index contributed by atoms with van der Waals surface area (Å²) in [5.41, 5.74) is 1.24. The lowest BCUT2D eigenvalue weighted by Crippen LogP contribution is -2.34. The first kappa shape index (κ1) is 13.8. The Kier molecular flexibility index (Phi) is 4.14. The standard InChI is InChI=1S/C14H15N3O3/c1-10(8-13(18)19)16-14(20)11-4-2-5-12(9-11)17-7-3-6-15-17/h2-7,9-10H,8H2,1H3,(H,16,20)(H,18,19)/t10-/m1/s1. The van der Waals surface area contributed by atoms with E-state index in [9.17, 15) is 9.59 Å². The van der Waals surface area contributed by atoms with Crippen molar-refractivity contribution in [1.82, 2.24) is 15.1 Å². The van der Waals surface area contributed by atoms with Gasteiger partial charge in [-0.25, -0.2) is 4.68 Å². The number of carboxylic acid groups (broad SMARTS) is 1. The van der Waals surface area contributed by atoms with Crippen molar-refractivity contribution >= 4 is 11.9 Å². The normalized spacial score (nSPS) is 11.8. The van der Waals surface area contributed by atoms with E-state index < -0.39 is 12.0 Å². The van der Waals surface area contributed by atoms with Crippen molar-refractivity contribution in [3.63, 3.8) is 0 Å². The van der Waals surface area contributed by atoms with Gasteiger partial charge in [-0.05, 0) is 31.2 Å². The minimum Gasteiger partial charge on any atom is -0.481 e. The zero-order valence-corrected chi connectivity index (χ0v) is 11.0. The summed E-state index contributed by atoms with van der Waals surface area (Å²) in [7, 11) is 0. The van der Waals surface area contributed by atoms with Crippen LogP contribution in [0.1, 0.15) is 23.7 Å². The summed E-state index contributed by atoms with van der Waals surface area (Å²) in [5, 5.41) is 15.4. The van der Waals surface area contributed by atoms with E-state index in [1.807, 2.05) is 6.07 Å². The largest absolute Gasteiger partial charge is 0.481 e. The van der Waals surface area contributed by atoms with Crippen LogP contribution >= 0.6 is 0 Å². The highest BCUT2D eigenvalue weighted by Crippen LogP contribution is 2.10. The molecule has 0 fully saturated rings. The molecule has 1 aromatic carbocycles. The van der Waals surface area contributed by atoms with E-state index in [0.717, 1.165) is 5.69 Å². The second kappa shape index (κ2) is 6.01. The van der Waals surface area contributed by atoms with Crippen LogP contribution in [-0.2, 0) is 4.79 Å². The molecule has 1 amide bonds. The van der Waals surface area contributed by atoms with Crippen molar-refractivity contribution in [3.8, 4) is 5.69 Å². The van der Waals surface area contributed by atoms with E-state index >= 15 is 0 Å². The molecule has 1 heterocycles. The average molecular weight is 273 g/mol. The molecule has 0 unspecified atom stereocenters. The maximum atomic E-state index is 12.0. The van der Waals surface area contributed by atoms with E-state index in [1.165, 1.54) is 0 Å². The molecule has 1 atom stereocenters. The topological polar surface area (TPSA) is 84.2 Å². The highest BCUT2D eigenvalue weighted by molar-refractivity contribution is 5.95. The number of nitrogens with zero attached hydrogens (tertiary/aromatic N) is 2. The lowest BCUT2D eigenvalue weighted by molar-refractivity contribution is -0.137. The summed E-state index contributed by atoms with van der Waals surface area (Å²) < 4.78 is 1.65. The lowest BCUT2D eigenvalue weighted by atomic mass is 10.1.